The van der Waals surface area contributed by atoms with Crippen LogP contribution >= 0.6 is 34.8 Å². The first-order valence-corrected chi connectivity index (χ1v) is 7.03. The van der Waals surface area contributed by atoms with E-state index in [2.05, 4.69) is 24.1 Å². The van der Waals surface area contributed by atoms with E-state index in [1.807, 2.05) is 10.8 Å². The van der Waals surface area contributed by atoms with E-state index >= 15 is 0 Å². The van der Waals surface area contributed by atoms with Gasteiger partial charge in [0.1, 0.15) is 0 Å². The van der Waals surface area contributed by atoms with Gasteiger partial charge in [-0.15, -0.1) is 0 Å². The molecule has 1 N–H and O–H groups in total. The van der Waals surface area contributed by atoms with Gasteiger partial charge in [-0.25, -0.2) is 4.98 Å². The summed E-state index contributed by atoms with van der Waals surface area (Å²) in [6.45, 7) is 5.17. The summed E-state index contributed by atoms with van der Waals surface area (Å²) in [6, 6.07) is 3.31. The Balaban J connectivity index is 2.26. The zero-order valence-corrected chi connectivity index (χ0v) is 12.9. The van der Waals surface area contributed by atoms with Gasteiger partial charge in [0.15, 0.2) is 0 Å². The van der Waals surface area contributed by atoms with Crippen LogP contribution in [-0.4, -0.2) is 9.55 Å². The number of anilines is 2. The summed E-state index contributed by atoms with van der Waals surface area (Å²) in [4.78, 5) is 4.27. The number of aromatic nitrogens is 2. The molecule has 1 aromatic carbocycles. The van der Waals surface area contributed by atoms with E-state index in [9.17, 15) is 0 Å². The van der Waals surface area contributed by atoms with Crippen LogP contribution in [0, 0.1) is 5.92 Å². The monoisotopic (exact) mass is 317 g/mol. The van der Waals surface area contributed by atoms with Gasteiger partial charge in [0.05, 0.1) is 20.8 Å². The van der Waals surface area contributed by atoms with Crippen molar-refractivity contribution in [2.24, 2.45) is 5.92 Å². The predicted molar refractivity (Wildman–Crippen MR) is 81.8 cm³/mol. The fourth-order valence-electron chi connectivity index (χ4n) is 1.71. The van der Waals surface area contributed by atoms with Gasteiger partial charge in [-0.2, -0.15) is 0 Å². The number of nitrogens with zero attached hydrogens (tertiary/aromatic N) is 2. The molecule has 0 saturated heterocycles. The summed E-state index contributed by atoms with van der Waals surface area (Å²) in [6.07, 6.45) is 3.67. The second-order valence-electron chi connectivity index (χ2n) is 4.67. The molecule has 0 aliphatic heterocycles. The summed E-state index contributed by atoms with van der Waals surface area (Å²) in [5, 5.41) is 4.57. The van der Waals surface area contributed by atoms with Crippen LogP contribution in [0.5, 0.6) is 0 Å². The number of nitrogens with one attached hydrogen (secondary N) is 1. The molecule has 2 aromatic rings. The second-order valence-corrected chi connectivity index (χ2v) is 5.89. The van der Waals surface area contributed by atoms with Crippen LogP contribution in [0.25, 0.3) is 0 Å². The van der Waals surface area contributed by atoms with Crippen LogP contribution in [0.2, 0.25) is 15.1 Å². The van der Waals surface area contributed by atoms with Crippen LogP contribution in [0.3, 0.4) is 0 Å². The largest absolute Gasteiger partial charge is 0.324 e. The third-order valence-electron chi connectivity index (χ3n) is 2.53. The molecule has 6 heteroatoms. The van der Waals surface area contributed by atoms with Gasteiger partial charge >= 0.3 is 0 Å². The minimum Gasteiger partial charge on any atom is -0.324 e. The molecule has 3 nitrogen and oxygen atoms in total. The molecule has 102 valence electrons. The van der Waals surface area contributed by atoms with Crippen molar-refractivity contribution in [2.45, 2.75) is 20.4 Å². The van der Waals surface area contributed by atoms with Crippen molar-refractivity contribution in [1.82, 2.24) is 9.55 Å². The number of halogens is 3. The third kappa shape index (κ3) is 3.56. The fraction of sp³-hybridized carbons (Fsp3) is 0.308. The molecule has 19 heavy (non-hydrogen) atoms. The molecule has 0 fully saturated rings. The molecule has 0 aliphatic carbocycles. The van der Waals surface area contributed by atoms with E-state index in [4.69, 9.17) is 34.8 Å². The Hall–Kier alpha value is -0.900. The fourth-order valence-corrected chi connectivity index (χ4v) is 2.31. The van der Waals surface area contributed by atoms with E-state index in [-0.39, 0.29) is 0 Å². The molecule has 0 atom stereocenters. The van der Waals surface area contributed by atoms with Crippen molar-refractivity contribution >= 4 is 46.4 Å². The van der Waals surface area contributed by atoms with Gasteiger partial charge in [-0.05, 0) is 18.1 Å². The SMILES string of the molecule is CC(C)Cn1ccnc1Nc1cc(Cl)c(Cl)cc1Cl. The molecular weight excluding hydrogens is 305 g/mol. The predicted octanol–water partition coefficient (Wildman–Crippen LogP) is 5.24. The maximum atomic E-state index is 6.13. The van der Waals surface area contributed by atoms with Gasteiger partial charge in [0, 0.05) is 18.9 Å². The summed E-state index contributed by atoms with van der Waals surface area (Å²) in [7, 11) is 0. The highest BCUT2D eigenvalue weighted by Gasteiger charge is 2.10. The highest BCUT2D eigenvalue weighted by atomic mass is 35.5. The first-order chi connectivity index (χ1) is 8.97. The summed E-state index contributed by atoms with van der Waals surface area (Å²) < 4.78 is 2.03. The second kappa shape index (κ2) is 6.04. The zero-order chi connectivity index (χ0) is 14.0. The molecule has 0 amide bonds. The van der Waals surface area contributed by atoms with Gasteiger partial charge in [0.25, 0.3) is 0 Å². The Labute approximate surface area is 127 Å². The molecule has 0 unspecified atom stereocenters. The Kier molecular flexibility index (Phi) is 4.61. The number of rotatable bonds is 4. The average molecular weight is 319 g/mol. The van der Waals surface area contributed by atoms with E-state index in [1.54, 1.807) is 18.3 Å². The van der Waals surface area contributed by atoms with Crippen molar-refractivity contribution in [3.63, 3.8) is 0 Å². The van der Waals surface area contributed by atoms with Crippen LogP contribution in [0.4, 0.5) is 11.6 Å². The van der Waals surface area contributed by atoms with Crippen molar-refractivity contribution in [3.05, 3.63) is 39.6 Å². The quantitative estimate of drug-likeness (QED) is 0.781. The summed E-state index contributed by atoms with van der Waals surface area (Å²) in [5.74, 6) is 1.26. The number of benzene rings is 1. The van der Waals surface area contributed by atoms with Gasteiger partial charge < -0.3 is 9.88 Å². The Morgan fingerprint density at radius 3 is 2.53 bits per heavy atom. The Morgan fingerprint density at radius 2 is 1.84 bits per heavy atom. The van der Waals surface area contributed by atoms with Gasteiger partial charge in [-0.3, -0.25) is 0 Å². The van der Waals surface area contributed by atoms with Crippen LogP contribution in [0.1, 0.15) is 13.8 Å². The summed E-state index contributed by atoms with van der Waals surface area (Å²) >= 11 is 18.0. The molecule has 1 aromatic heterocycles. The first kappa shape index (κ1) is 14.5. The van der Waals surface area contributed by atoms with Crippen LogP contribution < -0.4 is 5.32 Å². The topological polar surface area (TPSA) is 29.9 Å². The van der Waals surface area contributed by atoms with E-state index in [1.165, 1.54) is 0 Å². The molecule has 1 heterocycles. The lowest BCUT2D eigenvalue weighted by molar-refractivity contribution is 0.527. The van der Waals surface area contributed by atoms with Crippen LogP contribution in [0.15, 0.2) is 24.5 Å². The highest BCUT2D eigenvalue weighted by molar-refractivity contribution is 6.44. The molecular formula is C13H14Cl3N3. The molecule has 2 rings (SSSR count). The molecule has 0 radical (unpaired) electrons. The number of hydrogen-bond donors (Lipinski definition) is 1. The highest BCUT2D eigenvalue weighted by Crippen LogP contribution is 2.33. The zero-order valence-electron chi connectivity index (χ0n) is 10.6. The molecule has 0 spiro atoms. The smallest absolute Gasteiger partial charge is 0.207 e. The maximum Gasteiger partial charge on any atom is 0.207 e. The standard InChI is InChI=1S/C13H14Cl3N3/c1-8(2)7-19-4-3-17-13(19)18-12-6-10(15)9(14)5-11(12)16/h3-6,8H,7H2,1-2H3,(H,17,18). The van der Waals surface area contributed by atoms with E-state index in [0.717, 1.165) is 12.5 Å². The Morgan fingerprint density at radius 1 is 1.16 bits per heavy atom. The maximum absolute atomic E-state index is 6.13. The lowest BCUT2D eigenvalue weighted by Gasteiger charge is -2.13. The lowest BCUT2D eigenvalue weighted by Crippen LogP contribution is -2.07. The van der Waals surface area contributed by atoms with Gasteiger partial charge in [-0.1, -0.05) is 48.7 Å². The number of hydrogen-bond acceptors (Lipinski definition) is 2. The first-order valence-electron chi connectivity index (χ1n) is 5.90. The van der Waals surface area contributed by atoms with Crippen molar-refractivity contribution in [2.75, 3.05) is 5.32 Å². The van der Waals surface area contributed by atoms with Crippen molar-refractivity contribution in [3.8, 4) is 0 Å². The molecule has 0 bridgehead atoms. The molecule has 0 aliphatic rings. The molecule has 0 saturated carbocycles. The normalized spacial score (nSPS) is 11.1. The third-order valence-corrected chi connectivity index (χ3v) is 3.57. The van der Waals surface area contributed by atoms with Crippen molar-refractivity contribution < 1.29 is 0 Å². The minimum atomic E-state index is 0.433. The Bertz CT molecular complexity index is 579. The van der Waals surface area contributed by atoms with Gasteiger partial charge in [0.2, 0.25) is 5.95 Å². The van der Waals surface area contributed by atoms with Crippen LogP contribution in [-0.2, 0) is 6.54 Å². The lowest BCUT2D eigenvalue weighted by atomic mass is 10.2. The van der Waals surface area contributed by atoms with E-state index in [0.29, 0.717) is 26.7 Å². The average Bonchev–Trinajstić information content (AvgIpc) is 2.72. The van der Waals surface area contributed by atoms with Crippen molar-refractivity contribution in [1.29, 1.82) is 0 Å². The minimum absolute atomic E-state index is 0.433. The van der Waals surface area contributed by atoms with E-state index < -0.39 is 0 Å². The summed E-state index contributed by atoms with van der Waals surface area (Å²) in [5.41, 5.74) is 0.687. The number of imidazole rings is 1.